The third-order valence-electron chi connectivity index (χ3n) is 4.37. The minimum absolute atomic E-state index is 0.102. The Morgan fingerprint density at radius 1 is 1.00 bits per heavy atom. The molecule has 0 fully saturated rings. The topological polar surface area (TPSA) is 75.7 Å². The molecule has 0 aliphatic carbocycles. The van der Waals surface area contributed by atoms with Crippen LogP contribution in [-0.4, -0.2) is 20.7 Å². The molecule has 0 bridgehead atoms. The Morgan fingerprint density at radius 2 is 1.75 bits per heavy atom. The number of allylic oxidation sites excluding steroid dienone is 1. The van der Waals surface area contributed by atoms with Crippen LogP contribution in [0.25, 0.3) is 28.1 Å². The Morgan fingerprint density at radius 3 is 2.47 bits per heavy atom. The number of nitrogens with one attached hydrogen (secondary N) is 1. The first-order chi connectivity index (χ1) is 15.4. The molecule has 0 aliphatic heterocycles. The number of nitrogens with zero attached hydrogens (tertiary/aromatic N) is 2. The lowest BCUT2D eigenvalue weighted by molar-refractivity contribution is 0.104. The molecule has 0 amide bonds. The van der Waals surface area contributed by atoms with Crippen LogP contribution in [0.5, 0.6) is 0 Å². The summed E-state index contributed by atoms with van der Waals surface area (Å²) in [6, 6.07) is 7.78. The highest BCUT2D eigenvalue weighted by Gasteiger charge is 2.20. The van der Waals surface area contributed by atoms with E-state index in [0.29, 0.717) is 37.6 Å². The molecule has 32 heavy (non-hydrogen) atoms. The Balaban J connectivity index is 0.00000141. The molecule has 0 aliphatic rings. The number of hydrogen-bond donors (Lipinski definition) is 1. The maximum atomic E-state index is 13.3. The number of benzene rings is 1. The molecule has 1 N–H and O–H groups in total. The lowest BCUT2D eigenvalue weighted by atomic mass is 9.94. The number of aromatic nitrogens is 3. The van der Waals surface area contributed by atoms with Crippen LogP contribution in [0.4, 0.5) is 4.39 Å². The summed E-state index contributed by atoms with van der Waals surface area (Å²) in [5.74, 6) is -1.11. The third kappa shape index (κ3) is 5.10. The highest BCUT2D eigenvalue weighted by molar-refractivity contribution is 6.32. The fourth-order valence-electron chi connectivity index (χ4n) is 3.12. The number of carbonyl (C=O) groups excluding carboxylic acids is 1. The van der Waals surface area contributed by atoms with Gasteiger partial charge >= 0.3 is 0 Å². The van der Waals surface area contributed by atoms with Crippen molar-refractivity contribution in [3.05, 3.63) is 98.5 Å². The quantitative estimate of drug-likeness (QED) is 0.279. The van der Waals surface area contributed by atoms with Crippen LogP contribution < -0.4 is 5.56 Å². The summed E-state index contributed by atoms with van der Waals surface area (Å²) in [5.41, 5.74) is 1.06. The van der Waals surface area contributed by atoms with E-state index >= 15 is 0 Å². The van der Waals surface area contributed by atoms with E-state index in [1.165, 1.54) is 36.8 Å². The highest BCUT2D eigenvalue weighted by atomic mass is 35.5. The van der Waals surface area contributed by atoms with Crippen molar-refractivity contribution in [1.82, 2.24) is 15.0 Å². The van der Waals surface area contributed by atoms with E-state index in [1.807, 2.05) is 13.8 Å². The normalized spacial score (nSPS) is 10.8. The number of pyridine rings is 3. The molecule has 0 saturated heterocycles. The van der Waals surface area contributed by atoms with Crippen molar-refractivity contribution in [2.75, 3.05) is 0 Å². The Labute approximate surface area is 193 Å². The van der Waals surface area contributed by atoms with Crippen LogP contribution in [0.2, 0.25) is 10.0 Å². The Kier molecular flexibility index (Phi) is 7.51. The number of fused-ring (bicyclic) bond motifs is 1. The van der Waals surface area contributed by atoms with Crippen molar-refractivity contribution in [2.45, 2.75) is 13.8 Å². The zero-order chi connectivity index (χ0) is 23.3. The van der Waals surface area contributed by atoms with Gasteiger partial charge < -0.3 is 4.98 Å². The third-order valence-corrected chi connectivity index (χ3v) is 4.81. The molecule has 3 aromatic heterocycles. The van der Waals surface area contributed by atoms with Crippen LogP contribution >= 0.6 is 23.2 Å². The molecule has 5 nitrogen and oxygen atoms in total. The van der Waals surface area contributed by atoms with Gasteiger partial charge in [-0.2, -0.15) is 0 Å². The van der Waals surface area contributed by atoms with Crippen molar-refractivity contribution in [1.29, 1.82) is 0 Å². The van der Waals surface area contributed by atoms with E-state index in [-0.39, 0.29) is 5.56 Å². The monoisotopic (exact) mass is 469 g/mol. The van der Waals surface area contributed by atoms with Gasteiger partial charge in [0.25, 0.3) is 5.56 Å². The number of ketones is 1. The minimum Gasteiger partial charge on any atom is -0.321 e. The van der Waals surface area contributed by atoms with Gasteiger partial charge in [-0.25, -0.2) is 4.39 Å². The second kappa shape index (κ2) is 10.3. The summed E-state index contributed by atoms with van der Waals surface area (Å²) in [4.78, 5) is 36.4. The standard InChI is InChI=1S/C22H12Cl2FN3O2.C2H6/c23-14-2-3-18-17(7-14)20(13-6-15(24)10-27-9-13)21(22(30)28-18)19(29)4-1-12-5-16(25)11-26-8-12;1-2/h1-11H,(H,28,30);1-2H3/b4-1+;. The van der Waals surface area contributed by atoms with Gasteiger partial charge in [0.05, 0.1) is 16.8 Å². The largest absolute Gasteiger partial charge is 0.321 e. The number of halogens is 3. The molecule has 3 heterocycles. The van der Waals surface area contributed by atoms with Gasteiger partial charge in [-0.05, 0) is 48.0 Å². The van der Waals surface area contributed by atoms with Gasteiger partial charge in [0, 0.05) is 45.6 Å². The SMILES string of the molecule is CC.O=C(/C=C/c1cncc(F)c1)c1c(-c2cncc(Cl)c2)c2cc(Cl)ccc2[nH]c1=O. The fraction of sp³-hybridized carbons (Fsp3) is 0.0833. The van der Waals surface area contributed by atoms with Crippen LogP contribution in [-0.2, 0) is 0 Å². The molecule has 0 spiro atoms. The molecule has 0 unspecified atom stereocenters. The second-order valence-electron chi connectivity index (χ2n) is 6.42. The summed E-state index contributed by atoms with van der Waals surface area (Å²) in [6.45, 7) is 4.00. The summed E-state index contributed by atoms with van der Waals surface area (Å²) in [7, 11) is 0. The van der Waals surface area contributed by atoms with Gasteiger partial charge in [-0.15, -0.1) is 0 Å². The van der Waals surface area contributed by atoms with Crippen molar-refractivity contribution in [2.24, 2.45) is 0 Å². The zero-order valence-electron chi connectivity index (χ0n) is 17.2. The average Bonchev–Trinajstić information content (AvgIpc) is 2.78. The number of hydrogen-bond acceptors (Lipinski definition) is 4. The van der Waals surface area contributed by atoms with Gasteiger partial charge in [0.1, 0.15) is 5.82 Å². The molecule has 4 aromatic rings. The number of H-pyrrole nitrogens is 1. The summed E-state index contributed by atoms with van der Waals surface area (Å²) in [5, 5.41) is 1.35. The molecule has 162 valence electrons. The molecule has 0 radical (unpaired) electrons. The lowest BCUT2D eigenvalue weighted by Gasteiger charge is -2.11. The highest BCUT2D eigenvalue weighted by Crippen LogP contribution is 2.32. The first-order valence-corrected chi connectivity index (χ1v) is 10.5. The molecular weight excluding hydrogens is 452 g/mol. The molecule has 0 atom stereocenters. The van der Waals surface area contributed by atoms with E-state index in [1.54, 1.807) is 24.3 Å². The van der Waals surface area contributed by atoms with Crippen molar-refractivity contribution in [3.63, 3.8) is 0 Å². The first-order valence-electron chi connectivity index (χ1n) is 9.72. The molecule has 0 saturated carbocycles. The van der Waals surface area contributed by atoms with Crippen molar-refractivity contribution >= 4 is 46.0 Å². The van der Waals surface area contributed by atoms with E-state index in [4.69, 9.17) is 23.2 Å². The van der Waals surface area contributed by atoms with Crippen LogP contribution in [0, 0.1) is 5.82 Å². The molecular formula is C24H18Cl2FN3O2. The van der Waals surface area contributed by atoms with Gasteiger partial charge in [-0.3, -0.25) is 19.6 Å². The van der Waals surface area contributed by atoms with Crippen molar-refractivity contribution in [3.8, 4) is 11.1 Å². The van der Waals surface area contributed by atoms with Crippen LogP contribution in [0.3, 0.4) is 0 Å². The molecule has 4 rings (SSSR count). The summed E-state index contributed by atoms with van der Waals surface area (Å²) >= 11 is 12.3. The zero-order valence-corrected chi connectivity index (χ0v) is 18.7. The second-order valence-corrected chi connectivity index (χ2v) is 7.29. The number of carbonyl (C=O) groups is 1. The van der Waals surface area contributed by atoms with Crippen LogP contribution in [0.15, 0.2) is 66.0 Å². The fourth-order valence-corrected chi connectivity index (χ4v) is 3.47. The Bertz CT molecular complexity index is 1380. The molecule has 8 heteroatoms. The number of aromatic amines is 1. The van der Waals surface area contributed by atoms with Crippen LogP contribution in [0.1, 0.15) is 29.8 Å². The van der Waals surface area contributed by atoms with E-state index in [9.17, 15) is 14.0 Å². The van der Waals surface area contributed by atoms with Gasteiger partial charge in [0.2, 0.25) is 0 Å². The van der Waals surface area contributed by atoms with E-state index in [0.717, 1.165) is 6.20 Å². The Hall–Kier alpha value is -3.35. The maximum absolute atomic E-state index is 13.3. The van der Waals surface area contributed by atoms with E-state index in [2.05, 4.69) is 15.0 Å². The lowest BCUT2D eigenvalue weighted by Crippen LogP contribution is -2.18. The maximum Gasteiger partial charge on any atom is 0.260 e. The first kappa shape index (κ1) is 23.3. The molecule has 1 aromatic carbocycles. The predicted octanol–water partition coefficient (Wildman–Crippen LogP) is 6.35. The summed E-state index contributed by atoms with van der Waals surface area (Å²) < 4.78 is 13.3. The van der Waals surface area contributed by atoms with Gasteiger partial charge in [-0.1, -0.05) is 37.0 Å². The van der Waals surface area contributed by atoms with E-state index < -0.39 is 17.2 Å². The minimum atomic E-state index is -0.577. The smallest absolute Gasteiger partial charge is 0.260 e. The van der Waals surface area contributed by atoms with Crippen molar-refractivity contribution < 1.29 is 9.18 Å². The van der Waals surface area contributed by atoms with Gasteiger partial charge in [0.15, 0.2) is 5.78 Å². The predicted molar refractivity (Wildman–Crippen MR) is 127 cm³/mol. The number of rotatable bonds is 4. The average molecular weight is 470 g/mol. The summed E-state index contributed by atoms with van der Waals surface area (Å²) in [6.07, 6.45) is 8.00.